The van der Waals surface area contributed by atoms with Gasteiger partial charge < -0.3 is 5.32 Å². The van der Waals surface area contributed by atoms with Crippen molar-refractivity contribution in [2.24, 2.45) is 0 Å². The molecule has 1 unspecified atom stereocenters. The van der Waals surface area contributed by atoms with Crippen LogP contribution in [0.3, 0.4) is 0 Å². The van der Waals surface area contributed by atoms with E-state index in [2.05, 4.69) is 68.2 Å². The number of rotatable bonds is 10. The molecule has 0 aliphatic carbocycles. The summed E-state index contributed by atoms with van der Waals surface area (Å²) in [7, 11) is 0. The third-order valence-corrected chi connectivity index (χ3v) is 4.78. The lowest BCUT2D eigenvalue weighted by molar-refractivity contribution is 0.371. The number of thioether (sulfide) groups is 1. The van der Waals surface area contributed by atoms with Crippen molar-refractivity contribution in [3.8, 4) is 0 Å². The monoisotopic (exact) mass is 279 g/mol. The van der Waals surface area contributed by atoms with Gasteiger partial charge in [0.15, 0.2) is 0 Å². The summed E-state index contributed by atoms with van der Waals surface area (Å²) in [5.41, 5.74) is 1.80. The molecular formula is C17H29NS. The summed E-state index contributed by atoms with van der Waals surface area (Å²) in [5.74, 6) is 2.48. The highest BCUT2D eigenvalue weighted by Crippen LogP contribution is 2.32. The van der Waals surface area contributed by atoms with Crippen LogP contribution in [0, 0.1) is 0 Å². The molecule has 0 spiro atoms. The van der Waals surface area contributed by atoms with Gasteiger partial charge in [-0.2, -0.15) is 11.8 Å². The second-order valence-corrected chi connectivity index (χ2v) is 6.52. The lowest BCUT2D eigenvalue weighted by Crippen LogP contribution is -2.38. The van der Waals surface area contributed by atoms with Crippen molar-refractivity contribution in [2.45, 2.75) is 45.4 Å². The van der Waals surface area contributed by atoms with E-state index < -0.39 is 0 Å². The summed E-state index contributed by atoms with van der Waals surface area (Å²) in [6, 6.07) is 11.1. The van der Waals surface area contributed by atoms with E-state index in [-0.39, 0.29) is 0 Å². The van der Waals surface area contributed by atoms with Crippen molar-refractivity contribution >= 4 is 11.8 Å². The van der Waals surface area contributed by atoms with Crippen molar-refractivity contribution < 1.29 is 0 Å². The first kappa shape index (κ1) is 16.6. The third kappa shape index (κ3) is 5.19. The van der Waals surface area contributed by atoms with E-state index in [1.807, 2.05) is 0 Å². The van der Waals surface area contributed by atoms with Crippen LogP contribution in [0.5, 0.6) is 0 Å². The number of nitrogens with one attached hydrogen (secondary N) is 1. The van der Waals surface area contributed by atoms with Crippen LogP contribution in [0.15, 0.2) is 30.3 Å². The quantitative estimate of drug-likeness (QED) is 0.634. The van der Waals surface area contributed by atoms with E-state index in [4.69, 9.17) is 0 Å². The predicted molar refractivity (Wildman–Crippen MR) is 89.2 cm³/mol. The first-order valence-corrected chi connectivity index (χ1v) is 8.78. The first-order valence-electron chi connectivity index (χ1n) is 7.63. The molecular weight excluding hydrogens is 250 g/mol. The molecule has 0 aromatic heterocycles. The number of hydrogen-bond acceptors (Lipinski definition) is 2. The molecule has 1 nitrogen and oxygen atoms in total. The Morgan fingerprint density at radius 1 is 1.11 bits per heavy atom. The molecule has 0 aliphatic rings. The fourth-order valence-electron chi connectivity index (χ4n) is 2.55. The van der Waals surface area contributed by atoms with Gasteiger partial charge in [0.1, 0.15) is 0 Å². The molecule has 1 N–H and O–H groups in total. The summed E-state index contributed by atoms with van der Waals surface area (Å²) in [4.78, 5) is 0. The van der Waals surface area contributed by atoms with Gasteiger partial charge in [-0.05, 0) is 42.9 Å². The zero-order chi connectivity index (χ0) is 14.0. The molecule has 19 heavy (non-hydrogen) atoms. The van der Waals surface area contributed by atoms with Gasteiger partial charge >= 0.3 is 0 Å². The molecule has 2 heteroatoms. The molecule has 0 bridgehead atoms. The molecule has 1 aromatic carbocycles. The van der Waals surface area contributed by atoms with Crippen molar-refractivity contribution in [1.29, 1.82) is 0 Å². The van der Waals surface area contributed by atoms with Crippen molar-refractivity contribution in [3.63, 3.8) is 0 Å². The van der Waals surface area contributed by atoms with E-state index in [1.165, 1.54) is 36.3 Å². The van der Waals surface area contributed by atoms with Crippen molar-refractivity contribution in [1.82, 2.24) is 5.32 Å². The molecule has 0 saturated carbocycles. The Bertz CT molecular complexity index is 313. The summed E-state index contributed by atoms with van der Waals surface area (Å²) in [6.45, 7) is 9.03. The second-order valence-electron chi connectivity index (χ2n) is 5.12. The maximum absolute atomic E-state index is 3.64. The molecule has 0 radical (unpaired) electrons. The zero-order valence-corrected chi connectivity index (χ0v) is 13.6. The summed E-state index contributed by atoms with van der Waals surface area (Å²) in [5, 5.41) is 3.64. The number of benzene rings is 1. The average Bonchev–Trinajstić information content (AvgIpc) is 2.47. The Kier molecular flexibility index (Phi) is 8.24. The van der Waals surface area contributed by atoms with Crippen molar-refractivity contribution in [2.75, 3.05) is 24.6 Å². The van der Waals surface area contributed by atoms with Crippen LogP contribution in [0.25, 0.3) is 0 Å². The highest BCUT2D eigenvalue weighted by atomic mass is 32.2. The van der Waals surface area contributed by atoms with E-state index >= 15 is 0 Å². The summed E-state index contributed by atoms with van der Waals surface area (Å²) in [6.07, 6.45) is 3.68. The highest BCUT2D eigenvalue weighted by Gasteiger charge is 2.29. The SMILES string of the molecule is CCCNCC(CC)(CCSCC)c1ccccc1. The van der Waals surface area contributed by atoms with Gasteiger partial charge in [-0.25, -0.2) is 0 Å². The lowest BCUT2D eigenvalue weighted by atomic mass is 9.75. The third-order valence-electron chi connectivity index (χ3n) is 3.88. The van der Waals surface area contributed by atoms with Gasteiger partial charge in [-0.15, -0.1) is 0 Å². The van der Waals surface area contributed by atoms with Crippen LogP contribution in [0.1, 0.15) is 45.6 Å². The van der Waals surface area contributed by atoms with Crippen LogP contribution in [0.4, 0.5) is 0 Å². The van der Waals surface area contributed by atoms with Crippen LogP contribution < -0.4 is 5.32 Å². The van der Waals surface area contributed by atoms with E-state index in [1.54, 1.807) is 0 Å². The molecule has 0 fully saturated rings. The molecule has 0 amide bonds. The van der Waals surface area contributed by atoms with Crippen LogP contribution in [0.2, 0.25) is 0 Å². The Labute approximate surface area is 123 Å². The van der Waals surface area contributed by atoms with Crippen LogP contribution >= 0.6 is 11.8 Å². The predicted octanol–water partition coefficient (Wildman–Crippen LogP) is 4.48. The fraction of sp³-hybridized carbons (Fsp3) is 0.647. The number of hydrogen-bond donors (Lipinski definition) is 1. The molecule has 0 heterocycles. The lowest BCUT2D eigenvalue weighted by Gasteiger charge is -2.34. The Hall–Kier alpha value is -0.470. The average molecular weight is 279 g/mol. The molecule has 1 atom stereocenters. The minimum atomic E-state index is 0.304. The fourth-order valence-corrected chi connectivity index (χ4v) is 3.37. The molecule has 108 valence electrons. The Morgan fingerprint density at radius 2 is 1.84 bits per heavy atom. The Morgan fingerprint density at radius 3 is 2.42 bits per heavy atom. The highest BCUT2D eigenvalue weighted by molar-refractivity contribution is 7.99. The van der Waals surface area contributed by atoms with Crippen molar-refractivity contribution in [3.05, 3.63) is 35.9 Å². The van der Waals surface area contributed by atoms with Gasteiger partial charge in [0, 0.05) is 12.0 Å². The van der Waals surface area contributed by atoms with E-state index in [0.29, 0.717) is 5.41 Å². The summed E-state index contributed by atoms with van der Waals surface area (Å²) < 4.78 is 0. The normalized spacial score (nSPS) is 14.3. The van der Waals surface area contributed by atoms with Gasteiger partial charge in [-0.3, -0.25) is 0 Å². The molecule has 0 aliphatic heterocycles. The van der Waals surface area contributed by atoms with Gasteiger partial charge in [0.05, 0.1) is 0 Å². The minimum absolute atomic E-state index is 0.304. The first-order chi connectivity index (χ1) is 9.29. The summed E-state index contributed by atoms with van der Waals surface area (Å²) >= 11 is 2.06. The molecule has 1 rings (SSSR count). The second kappa shape index (κ2) is 9.44. The smallest absolute Gasteiger partial charge is 0.00830 e. The Balaban J connectivity index is 2.79. The van der Waals surface area contributed by atoms with Gasteiger partial charge in [0.2, 0.25) is 0 Å². The minimum Gasteiger partial charge on any atom is -0.316 e. The maximum Gasteiger partial charge on any atom is 0.00830 e. The van der Waals surface area contributed by atoms with Gasteiger partial charge in [-0.1, -0.05) is 51.1 Å². The topological polar surface area (TPSA) is 12.0 Å². The van der Waals surface area contributed by atoms with Crippen LogP contribution in [-0.4, -0.2) is 24.6 Å². The van der Waals surface area contributed by atoms with E-state index in [0.717, 1.165) is 13.1 Å². The maximum atomic E-state index is 3.64. The molecule has 1 aromatic rings. The zero-order valence-electron chi connectivity index (χ0n) is 12.7. The molecule has 0 saturated heterocycles. The van der Waals surface area contributed by atoms with E-state index in [9.17, 15) is 0 Å². The standard InChI is InChI=1S/C17H29NS/c1-4-13-18-15-17(5-2,12-14-19-6-3)16-10-8-7-9-11-16/h7-11,18H,4-6,12-15H2,1-3H3. The van der Waals surface area contributed by atoms with Gasteiger partial charge in [0.25, 0.3) is 0 Å². The van der Waals surface area contributed by atoms with Crippen LogP contribution in [-0.2, 0) is 5.41 Å². The largest absolute Gasteiger partial charge is 0.316 e.